The Labute approximate surface area is 96.7 Å². The lowest BCUT2D eigenvalue weighted by Gasteiger charge is -2.29. The number of hydrogen-bond acceptors (Lipinski definition) is 1. The number of hydrogen-bond donors (Lipinski definition) is 0. The van der Waals surface area contributed by atoms with E-state index in [1.165, 1.54) is 38.5 Å². The molecule has 0 saturated heterocycles. The van der Waals surface area contributed by atoms with Gasteiger partial charge in [0.25, 0.3) is 0 Å². The molecule has 1 saturated carbocycles. The van der Waals surface area contributed by atoms with Gasteiger partial charge >= 0.3 is 0 Å². The van der Waals surface area contributed by atoms with Crippen molar-refractivity contribution in [3.05, 3.63) is 0 Å². The lowest BCUT2D eigenvalue weighted by molar-refractivity contribution is -0.0399. The molecule has 84 valence electrons. The SMILES string of the molecule is CCC(CC)COC1(CBr)CCCC1. The second-order valence-corrected chi connectivity index (χ2v) is 5.08. The van der Waals surface area contributed by atoms with E-state index in [0.29, 0.717) is 0 Å². The van der Waals surface area contributed by atoms with Crippen molar-refractivity contribution in [2.45, 2.75) is 58.0 Å². The van der Waals surface area contributed by atoms with E-state index >= 15 is 0 Å². The maximum atomic E-state index is 6.14. The summed E-state index contributed by atoms with van der Waals surface area (Å²) in [6.45, 7) is 5.47. The molecule has 1 nitrogen and oxygen atoms in total. The Morgan fingerprint density at radius 3 is 2.21 bits per heavy atom. The van der Waals surface area contributed by atoms with Crippen LogP contribution in [0.2, 0.25) is 0 Å². The summed E-state index contributed by atoms with van der Waals surface area (Å²) >= 11 is 3.60. The van der Waals surface area contributed by atoms with E-state index in [9.17, 15) is 0 Å². The summed E-state index contributed by atoms with van der Waals surface area (Å²) in [7, 11) is 0. The molecular weight excluding hydrogens is 240 g/mol. The lowest BCUT2D eigenvalue weighted by atomic mass is 10.0. The van der Waals surface area contributed by atoms with Crippen molar-refractivity contribution < 1.29 is 4.74 Å². The molecule has 0 heterocycles. The van der Waals surface area contributed by atoms with Crippen LogP contribution in [-0.4, -0.2) is 17.5 Å². The van der Waals surface area contributed by atoms with Crippen molar-refractivity contribution >= 4 is 15.9 Å². The highest BCUT2D eigenvalue weighted by Gasteiger charge is 2.33. The van der Waals surface area contributed by atoms with Gasteiger partial charge in [0, 0.05) is 5.33 Å². The standard InChI is InChI=1S/C12H23BrO/c1-3-11(4-2)9-14-12(10-13)7-5-6-8-12/h11H,3-10H2,1-2H3. The minimum Gasteiger partial charge on any atom is -0.374 e. The molecule has 0 radical (unpaired) electrons. The molecule has 14 heavy (non-hydrogen) atoms. The summed E-state index contributed by atoms with van der Waals surface area (Å²) in [6, 6.07) is 0. The van der Waals surface area contributed by atoms with E-state index in [0.717, 1.165) is 17.9 Å². The summed E-state index contributed by atoms with van der Waals surface area (Å²) in [6.07, 6.45) is 7.67. The van der Waals surface area contributed by atoms with Crippen LogP contribution in [0.3, 0.4) is 0 Å². The Morgan fingerprint density at radius 2 is 1.79 bits per heavy atom. The molecule has 0 aromatic carbocycles. The van der Waals surface area contributed by atoms with E-state index in [1.54, 1.807) is 0 Å². The van der Waals surface area contributed by atoms with Crippen LogP contribution in [0.1, 0.15) is 52.4 Å². The minimum absolute atomic E-state index is 0.183. The van der Waals surface area contributed by atoms with E-state index in [4.69, 9.17) is 4.74 Å². The monoisotopic (exact) mass is 262 g/mol. The Kier molecular flexibility index (Phi) is 5.47. The molecule has 0 amide bonds. The molecule has 0 unspecified atom stereocenters. The Morgan fingerprint density at radius 1 is 1.21 bits per heavy atom. The van der Waals surface area contributed by atoms with Crippen LogP contribution < -0.4 is 0 Å². The van der Waals surface area contributed by atoms with Gasteiger partial charge in [0.15, 0.2) is 0 Å². The third kappa shape index (κ3) is 3.23. The summed E-state index contributed by atoms with van der Waals surface area (Å²) in [5, 5.41) is 1.01. The highest BCUT2D eigenvalue weighted by Crippen LogP contribution is 2.35. The first kappa shape index (κ1) is 12.5. The maximum absolute atomic E-state index is 6.14. The van der Waals surface area contributed by atoms with Crippen LogP contribution >= 0.6 is 15.9 Å². The second-order valence-electron chi connectivity index (χ2n) is 4.52. The van der Waals surface area contributed by atoms with Gasteiger partial charge < -0.3 is 4.74 Å². The first-order valence-electron chi connectivity index (χ1n) is 5.96. The largest absolute Gasteiger partial charge is 0.374 e. The number of alkyl halides is 1. The average molecular weight is 263 g/mol. The Bertz CT molecular complexity index is 148. The average Bonchev–Trinajstić information content (AvgIpc) is 2.69. The molecule has 0 spiro atoms. The normalized spacial score (nSPS) is 20.6. The number of ether oxygens (including phenoxy) is 1. The number of halogens is 1. The third-order valence-corrected chi connectivity index (χ3v) is 4.56. The first-order valence-corrected chi connectivity index (χ1v) is 7.08. The summed E-state index contributed by atoms with van der Waals surface area (Å²) in [4.78, 5) is 0. The fourth-order valence-corrected chi connectivity index (χ4v) is 2.88. The first-order chi connectivity index (χ1) is 6.76. The van der Waals surface area contributed by atoms with Crippen LogP contribution in [0.25, 0.3) is 0 Å². The van der Waals surface area contributed by atoms with Crippen LogP contribution in [-0.2, 0) is 4.74 Å². The highest BCUT2D eigenvalue weighted by molar-refractivity contribution is 9.09. The van der Waals surface area contributed by atoms with Gasteiger partial charge in [0.2, 0.25) is 0 Å². The van der Waals surface area contributed by atoms with Crippen molar-refractivity contribution in [3.63, 3.8) is 0 Å². The topological polar surface area (TPSA) is 9.23 Å². The molecule has 0 aliphatic heterocycles. The fraction of sp³-hybridized carbons (Fsp3) is 1.00. The van der Waals surface area contributed by atoms with Crippen LogP contribution in [0.4, 0.5) is 0 Å². The van der Waals surface area contributed by atoms with E-state index in [1.807, 2.05) is 0 Å². The summed E-state index contributed by atoms with van der Waals surface area (Å²) in [5.41, 5.74) is 0.183. The molecule has 0 atom stereocenters. The molecule has 1 rings (SSSR count). The van der Waals surface area contributed by atoms with Gasteiger partial charge in [-0.3, -0.25) is 0 Å². The predicted octanol–water partition coefficient (Wildman–Crippen LogP) is 4.15. The van der Waals surface area contributed by atoms with Crippen molar-refractivity contribution in [2.75, 3.05) is 11.9 Å². The quantitative estimate of drug-likeness (QED) is 0.654. The van der Waals surface area contributed by atoms with Crippen LogP contribution in [0, 0.1) is 5.92 Å². The third-order valence-electron chi connectivity index (χ3n) is 3.54. The number of rotatable bonds is 6. The van der Waals surface area contributed by atoms with Gasteiger partial charge in [0.1, 0.15) is 0 Å². The van der Waals surface area contributed by atoms with Gasteiger partial charge in [0.05, 0.1) is 12.2 Å². The van der Waals surface area contributed by atoms with Crippen LogP contribution in [0.5, 0.6) is 0 Å². The molecule has 1 fully saturated rings. The van der Waals surface area contributed by atoms with E-state index < -0.39 is 0 Å². The zero-order valence-electron chi connectivity index (χ0n) is 9.52. The molecule has 0 aromatic heterocycles. The molecule has 0 aromatic rings. The van der Waals surface area contributed by atoms with Crippen molar-refractivity contribution in [3.8, 4) is 0 Å². The summed E-state index contributed by atoms with van der Waals surface area (Å²) < 4.78 is 6.14. The molecule has 1 aliphatic rings. The second kappa shape index (κ2) is 6.12. The zero-order chi connectivity index (χ0) is 10.4. The molecular formula is C12H23BrO. The van der Waals surface area contributed by atoms with Crippen molar-refractivity contribution in [1.82, 2.24) is 0 Å². The highest BCUT2D eigenvalue weighted by atomic mass is 79.9. The zero-order valence-corrected chi connectivity index (χ0v) is 11.1. The van der Waals surface area contributed by atoms with Gasteiger partial charge in [-0.15, -0.1) is 0 Å². The minimum atomic E-state index is 0.183. The maximum Gasteiger partial charge on any atom is 0.0779 e. The predicted molar refractivity (Wildman–Crippen MR) is 65.0 cm³/mol. The molecule has 0 N–H and O–H groups in total. The lowest BCUT2D eigenvalue weighted by Crippen LogP contribution is -2.32. The molecule has 0 bridgehead atoms. The van der Waals surface area contributed by atoms with Crippen molar-refractivity contribution in [1.29, 1.82) is 0 Å². The van der Waals surface area contributed by atoms with E-state index in [2.05, 4.69) is 29.8 Å². The smallest absolute Gasteiger partial charge is 0.0779 e. The summed E-state index contributed by atoms with van der Waals surface area (Å²) in [5.74, 6) is 0.756. The Balaban J connectivity index is 2.33. The van der Waals surface area contributed by atoms with E-state index in [-0.39, 0.29) is 5.60 Å². The van der Waals surface area contributed by atoms with Gasteiger partial charge in [-0.25, -0.2) is 0 Å². The van der Waals surface area contributed by atoms with Gasteiger partial charge in [-0.05, 0) is 18.8 Å². The Hall–Kier alpha value is 0.440. The molecule has 1 aliphatic carbocycles. The van der Waals surface area contributed by atoms with Gasteiger partial charge in [-0.2, -0.15) is 0 Å². The van der Waals surface area contributed by atoms with Gasteiger partial charge in [-0.1, -0.05) is 55.5 Å². The van der Waals surface area contributed by atoms with Crippen molar-refractivity contribution in [2.24, 2.45) is 5.92 Å². The molecule has 2 heteroatoms. The fourth-order valence-electron chi connectivity index (χ4n) is 2.15. The van der Waals surface area contributed by atoms with Crippen LogP contribution in [0.15, 0.2) is 0 Å².